The van der Waals surface area contributed by atoms with Crippen LogP contribution in [-0.2, 0) is 27.0 Å². The molecule has 6 N–H and O–H groups in total. The van der Waals surface area contributed by atoms with E-state index in [0.29, 0.717) is 35.8 Å². The van der Waals surface area contributed by atoms with Crippen molar-refractivity contribution in [1.82, 2.24) is 10.6 Å². The second-order valence-corrected chi connectivity index (χ2v) is 12.4. The summed E-state index contributed by atoms with van der Waals surface area (Å²) in [6.45, 7) is 1.87. The minimum absolute atomic E-state index is 0.0185. The Kier molecular flexibility index (Phi) is 10.6. The van der Waals surface area contributed by atoms with Gasteiger partial charge >= 0.3 is 7.82 Å². The van der Waals surface area contributed by atoms with Gasteiger partial charge in [0.2, 0.25) is 11.8 Å². The Labute approximate surface area is 245 Å². The Bertz CT molecular complexity index is 1320. The Balaban J connectivity index is 1.52. The van der Waals surface area contributed by atoms with Crippen molar-refractivity contribution in [2.75, 3.05) is 6.61 Å². The van der Waals surface area contributed by atoms with E-state index < -0.39 is 31.7 Å². The number of aryl methyl sites for hydroxylation is 1. The number of rotatable bonds is 11. The van der Waals surface area contributed by atoms with Crippen LogP contribution < -0.4 is 25.6 Å². The predicted molar refractivity (Wildman–Crippen MR) is 156 cm³/mol. The van der Waals surface area contributed by atoms with E-state index in [0.717, 1.165) is 43.2 Å². The highest BCUT2D eigenvalue weighted by Crippen LogP contribution is 2.38. The van der Waals surface area contributed by atoms with E-state index in [1.807, 2.05) is 6.07 Å². The van der Waals surface area contributed by atoms with E-state index in [1.54, 1.807) is 18.2 Å². The number of carbonyl (C=O) groups excluding carboxylic acids is 3. The summed E-state index contributed by atoms with van der Waals surface area (Å²) < 4.78 is 21.8. The van der Waals surface area contributed by atoms with Gasteiger partial charge in [-0.05, 0) is 79.0 Å². The summed E-state index contributed by atoms with van der Waals surface area (Å²) >= 11 is 0. The molecule has 11 nitrogen and oxygen atoms in total. The zero-order valence-corrected chi connectivity index (χ0v) is 24.7. The van der Waals surface area contributed by atoms with Crippen LogP contribution in [0, 0.1) is 5.92 Å². The quantitative estimate of drug-likeness (QED) is 0.190. The Morgan fingerprint density at radius 3 is 2.36 bits per heavy atom. The van der Waals surface area contributed by atoms with E-state index in [2.05, 4.69) is 15.2 Å². The number of nitrogens with one attached hydrogen (secondary N) is 2. The highest BCUT2D eigenvalue weighted by molar-refractivity contribution is 7.46. The number of primary amides is 1. The molecule has 0 heterocycles. The van der Waals surface area contributed by atoms with Crippen LogP contribution in [-0.4, -0.2) is 40.2 Å². The number of fused-ring (bicyclic) bond motifs is 1. The maximum Gasteiger partial charge on any atom is 0.524 e. The Morgan fingerprint density at radius 1 is 1.02 bits per heavy atom. The molecule has 1 saturated carbocycles. The van der Waals surface area contributed by atoms with Crippen LogP contribution >= 0.6 is 7.82 Å². The second kappa shape index (κ2) is 14.2. The summed E-state index contributed by atoms with van der Waals surface area (Å²) in [6, 6.07) is 8.26. The van der Waals surface area contributed by atoms with Crippen LogP contribution in [0.4, 0.5) is 0 Å². The smallest absolute Gasteiger partial charge is 0.492 e. The van der Waals surface area contributed by atoms with Gasteiger partial charge in [-0.15, -0.1) is 0 Å². The molecule has 0 bridgehead atoms. The molecule has 0 spiro atoms. The molecule has 12 heteroatoms. The number of ether oxygens (including phenoxy) is 1. The van der Waals surface area contributed by atoms with Gasteiger partial charge in [-0.2, -0.15) is 0 Å². The summed E-state index contributed by atoms with van der Waals surface area (Å²) in [5.41, 5.74) is 8.53. The van der Waals surface area contributed by atoms with E-state index in [4.69, 9.17) is 20.3 Å². The van der Waals surface area contributed by atoms with Gasteiger partial charge < -0.3 is 25.6 Å². The summed E-state index contributed by atoms with van der Waals surface area (Å²) in [6.07, 6.45) is 9.21. The molecular formula is C30H40N3O8P. The van der Waals surface area contributed by atoms with Crippen LogP contribution in [0.5, 0.6) is 11.5 Å². The Hall–Kier alpha value is -3.40. The van der Waals surface area contributed by atoms with Gasteiger partial charge in [-0.1, -0.05) is 37.8 Å². The van der Waals surface area contributed by atoms with E-state index in [-0.39, 0.29) is 18.1 Å². The van der Waals surface area contributed by atoms with E-state index in [9.17, 15) is 18.9 Å². The molecule has 42 heavy (non-hydrogen) atoms. The van der Waals surface area contributed by atoms with Crippen LogP contribution in [0.2, 0.25) is 0 Å². The fraction of sp³-hybridized carbons (Fsp3) is 0.500. The first kappa shape index (κ1) is 31.5. The van der Waals surface area contributed by atoms with Crippen molar-refractivity contribution in [1.29, 1.82) is 0 Å². The van der Waals surface area contributed by atoms with Crippen LogP contribution in [0.15, 0.2) is 36.4 Å². The molecule has 0 radical (unpaired) electrons. The highest BCUT2D eigenvalue weighted by Gasteiger charge is 2.28. The third kappa shape index (κ3) is 9.05. The van der Waals surface area contributed by atoms with E-state index in [1.165, 1.54) is 38.3 Å². The first-order chi connectivity index (χ1) is 20.0. The zero-order valence-electron chi connectivity index (χ0n) is 23.8. The summed E-state index contributed by atoms with van der Waals surface area (Å²) in [7, 11) is -4.70. The monoisotopic (exact) mass is 601 g/mol. The maximum absolute atomic E-state index is 13.5. The van der Waals surface area contributed by atoms with E-state index >= 15 is 0 Å². The summed E-state index contributed by atoms with van der Waals surface area (Å²) in [4.78, 5) is 56.0. The highest BCUT2D eigenvalue weighted by atomic mass is 31.2. The molecule has 2 atom stereocenters. The molecule has 4 rings (SSSR count). The van der Waals surface area contributed by atoms with Crippen molar-refractivity contribution in [2.24, 2.45) is 11.7 Å². The number of phosphoric ester groups is 1. The van der Waals surface area contributed by atoms with Gasteiger partial charge in [-0.25, -0.2) is 4.57 Å². The molecule has 2 aliphatic carbocycles. The first-order valence-corrected chi connectivity index (χ1v) is 16.0. The molecule has 2 aliphatic rings. The molecule has 0 aliphatic heterocycles. The van der Waals surface area contributed by atoms with Gasteiger partial charge in [0, 0.05) is 13.3 Å². The van der Waals surface area contributed by atoms with Gasteiger partial charge in [0.1, 0.15) is 17.5 Å². The SMILES string of the molecule is CC(=O)N[C@@H](Cc1ccc(OP(=O)(O)O)cc1)C(=O)N[C@@H]1CCCCc2cc(OCC3CCCCC3)c(C(N)=O)cc21. The number of benzene rings is 2. The number of phosphoric acid groups is 1. The average Bonchev–Trinajstić information content (AvgIpc) is 3.13. The maximum atomic E-state index is 13.5. The molecule has 0 unspecified atom stereocenters. The van der Waals surface area contributed by atoms with Gasteiger partial charge in [-0.3, -0.25) is 24.2 Å². The normalized spacial score (nSPS) is 18.2. The lowest BCUT2D eigenvalue weighted by molar-refractivity contribution is -0.128. The average molecular weight is 602 g/mol. The molecule has 2 aromatic rings. The predicted octanol–water partition coefficient (Wildman–Crippen LogP) is 3.85. The first-order valence-electron chi connectivity index (χ1n) is 14.5. The molecule has 1 fully saturated rings. The van der Waals surface area contributed by atoms with Crippen LogP contribution in [0.3, 0.4) is 0 Å². The number of amides is 3. The molecule has 228 valence electrons. The summed E-state index contributed by atoms with van der Waals surface area (Å²) in [5, 5.41) is 5.77. The van der Waals surface area contributed by atoms with Crippen molar-refractivity contribution in [2.45, 2.75) is 83.2 Å². The number of nitrogens with two attached hydrogens (primary N) is 1. The fourth-order valence-corrected chi connectivity index (χ4v) is 6.20. The third-order valence-electron chi connectivity index (χ3n) is 7.87. The molecule has 3 amide bonds. The van der Waals surface area contributed by atoms with Crippen molar-refractivity contribution in [3.63, 3.8) is 0 Å². The number of hydrogen-bond donors (Lipinski definition) is 5. The van der Waals surface area contributed by atoms with Gasteiger partial charge in [0.15, 0.2) is 0 Å². The number of hydrogen-bond acceptors (Lipinski definition) is 6. The lowest BCUT2D eigenvalue weighted by Gasteiger charge is -2.26. The summed E-state index contributed by atoms with van der Waals surface area (Å²) in [5.74, 6) is -0.430. The molecule has 0 saturated heterocycles. The zero-order chi connectivity index (χ0) is 30.3. The second-order valence-electron chi connectivity index (χ2n) is 11.2. The van der Waals surface area contributed by atoms with Crippen LogP contribution in [0.1, 0.15) is 91.4 Å². The van der Waals surface area contributed by atoms with Crippen molar-refractivity contribution in [3.05, 3.63) is 58.7 Å². The molecular weight excluding hydrogens is 561 g/mol. The van der Waals surface area contributed by atoms with Crippen LogP contribution in [0.25, 0.3) is 0 Å². The lowest BCUT2D eigenvalue weighted by atomic mass is 9.90. The van der Waals surface area contributed by atoms with Gasteiger partial charge in [0.25, 0.3) is 5.91 Å². The van der Waals surface area contributed by atoms with Crippen molar-refractivity contribution >= 4 is 25.5 Å². The fourth-order valence-electron chi connectivity index (χ4n) is 5.81. The minimum atomic E-state index is -4.70. The van der Waals surface area contributed by atoms with Gasteiger partial charge in [0.05, 0.1) is 18.2 Å². The van der Waals surface area contributed by atoms with Crippen molar-refractivity contribution < 1.29 is 38.0 Å². The topological polar surface area (TPSA) is 177 Å². The van der Waals surface area contributed by atoms with Crippen molar-refractivity contribution in [3.8, 4) is 11.5 Å². The largest absolute Gasteiger partial charge is 0.524 e. The third-order valence-corrected chi connectivity index (χ3v) is 8.32. The number of carbonyl (C=O) groups is 3. The standard InChI is InChI=1S/C30H40N3O8P/c1-19(34)32-27(15-20-11-13-23(14-12-20)41-42(37,38)39)30(36)33-26-10-6-5-9-22-16-28(25(29(31)35)17-24(22)26)40-18-21-7-3-2-4-8-21/h11-14,16-17,21,26-27H,2-10,15,18H2,1H3,(H2,31,35)(H,32,34)(H,33,36)(H2,37,38,39)/t26-,27+/m1/s1. The minimum Gasteiger partial charge on any atom is -0.492 e. The molecule has 2 aromatic carbocycles. The Morgan fingerprint density at radius 2 is 1.71 bits per heavy atom. The lowest BCUT2D eigenvalue weighted by Crippen LogP contribution is -2.48. The molecule has 0 aromatic heterocycles.